The van der Waals surface area contributed by atoms with E-state index >= 15 is 0 Å². The van der Waals surface area contributed by atoms with Crippen molar-refractivity contribution in [2.75, 3.05) is 24.5 Å². The van der Waals surface area contributed by atoms with Crippen molar-refractivity contribution in [3.05, 3.63) is 57.7 Å². The number of nitrogens with zero attached hydrogens (tertiary/aromatic N) is 6. The second-order valence-corrected chi connectivity index (χ2v) is 10.3. The van der Waals surface area contributed by atoms with Crippen molar-refractivity contribution in [2.45, 2.75) is 33.2 Å². The van der Waals surface area contributed by atoms with Crippen molar-refractivity contribution in [1.82, 2.24) is 30.7 Å². The Morgan fingerprint density at radius 3 is 2.79 bits per heavy atom. The van der Waals surface area contributed by atoms with Crippen molar-refractivity contribution >= 4 is 34.9 Å². The van der Waals surface area contributed by atoms with Crippen LogP contribution in [0, 0.1) is 31.1 Å². The molecule has 0 saturated carbocycles. The third kappa shape index (κ3) is 5.58. The van der Waals surface area contributed by atoms with Gasteiger partial charge in [0.1, 0.15) is 11.8 Å². The SMILES string of the molecule is Cc1noc(C)c1-c1ncc(CNCC2CCN(c3nccc(/C=C4\SC(=O)NC4=O)n3)CC2)cc1C#N. The Morgan fingerprint density at radius 2 is 2.11 bits per heavy atom. The molecule has 2 fully saturated rings. The zero-order valence-electron chi connectivity index (χ0n) is 21.0. The molecule has 12 heteroatoms. The lowest BCUT2D eigenvalue weighted by atomic mass is 9.97. The van der Waals surface area contributed by atoms with Gasteiger partial charge in [0.25, 0.3) is 11.1 Å². The number of aromatic nitrogens is 4. The summed E-state index contributed by atoms with van der Waals surface area (Å²) in [6.45, 7) is 6.79. The molecule has 2 saturated heterocycles. The molecule has 2 aliphatic rings. The summed E-state index contributed by atoms with van der Waals surface area (Å²) in [5, 5.41) is 19.0. The minimum Gasteiger partial charge on any atom is -0.361 e. The van der Waals surface area contributed by atoms with Crippen LogP contribution in [0.2, 0.25) is 0 Å². The number of hydrogen-bond donors (Lipinski definition) is 2. The Hall–Kier alpha value is -4.08. The molecule has 194 valence electrons. The van der Waals surface area contributed by atoms with Crippen LogP contribution in [-0.4, -0.2) is 50.9 Å². The van der Waals surface area contributed by atoms with E-state index in [2.05, 4.69) is 41.7 Å². The second kappa shape index (κ2) is 11.1. The van der Waals surface area contributed by atoms with E-state index in [9.17, 15) is 14.9 Å². The van der Waals surface area contributed by atoms with E-state index in [0.717, 1.165) is 61.1 Å². The van der Waals surface area contributed by atoms with Gasteiger partial charge in [-0.15, -0.1) is 0 Å². The predicted octanol–water partition coefficient (Wildman–Crippen LogP) is 3.35. The molecule has 0 spiro atoms. The van der Waals surface area contributed by atoms with Gasteiger partial charge in [-0.1, -0.05) is 5.16 Å². The average molecular weight is 531 g/mol. The summed E-state index contributed by atoms with van der Waals surface area (Å²) in [6, 6.07) is 5.84. The lowest BCUT2D eigenvalue weighted by Gasteiger charge is -2.32. The number of imide groups is 1. The smallest absolute Gasteiger partial charge is 0.290 e. The van der Waals surface area contributed by atoms with Crippen LogP contribution in [0.3, 0.4) is 0 Å². The number of hydrogen-bond acceptors (Lipinski definition) is 11. The Morgan fingerprint density at radius 1 is 1.29 bits per heavy atom. The van der Waals surface area contributed by atoms with Crippen LogP contribution >= 0.6 is 11.8 Å². The van der Waals surface area contributed by atoms with Gasteiger partial charge in [0.05, 0.1) is 33.1 Å². The number of amides is 2. The summed E-state index contributed by atoms with van der Waals surface area (Å²) in [4.78, 5) is 39.2. The van der Waals surface area contributed by atoms with Crippen LogP contribution in [0.4, 0.5) is 10.7 Å². The van der Waals surface area contributed by atoms with Crippen molar-refractivity contribution < 1.29 is 14.1 Å². The number of carbonyl (C=O) groups is 2. The van der Waals surface area contributed by atoms with E-state index in [0.29, 0.717) is 46.0 Å². The van der Waals surface area contributed by atoms with Crippen molar-refractivity contribution in [3.63, 3.8) is 0 Å². The molecule has 5 heterocycles. The molecule has 2 aliphatic heterocycles. The van der Waals surface area contributed by atoms with Crippen LogP contribution < -0.4 is 15.5 Å². The highest BCUT2D eigenvalue weighted by atomic mass is 32.2. The first-order valence-corrected chi connectivity index (χ1v) is 13.1. The Balaban J connectivity index is 1.13. The van der Waals surface area contributed by atoms with Gasteiger partial charge in [0.15, 0.2) is 0 Å². The van der Waals surface area contributed by atoms with Crippen molar-refractivity contribution in [2.24, 2.45) is 5.92 Å². The number of rotatable bonds is 7. The first-order valence-electron chi connectivity index (χ1n) is 12.3. The summed E-state index contributed by atoms with van der Waals surface area (Å²) >= 11 is 0.874. The Labute approximate surface area is 223 Å². The summed E-state index contributed by atoms with van der Waals surface area (Å²) in [6.07, 6.45) is 7.05. The third-order valence-electron chi connectivity index (χ3n) is 6.58. The van der Waals surface area contributed by atoms with Crippen molar-refractivity contribution in [1.29, 1.82) is 5.26 Å². The zero-order valence-corrected chi connectivity index (χ0v) is 21.8. The number of piperidine rings is 1. The summed E-state index contributed by atoms with van der Waals surface area (Å²) in [5.41, 5.74) is 4.14. The Bertz CT molecular complexity index is 1430. The number of carbonyl (C=O) groups excluding carboxylic acids is 2. The highest BCUT2D eigenvalue weighted by molar-refractivity contribution is 8.18. The van der Waals surface area contributed by atoms with E-state index in [1.807, 2.05) is 19.9 Å². The van der Waals surface area contributed by atoms with Gasteiger partial charge in [0.2, 0.25) is 5.95 Å². The minimum atomic E-state index is -0.399. The molecule has 0 atom stereocenters. The predicted molar refractivity (Wildman–Crippen MR) is 142 cm³/mol. The normalized spacial score (nSPS) is 17.2. The molecular weight excluding hydrogens is 504 g/mol. The number of aryl methyl sites for hydroxylation is 2. The molecule has 5 rings (SSSR count). The molecule has 38 heavy (non-hydrogen) atoms. The molecule has 11 nitrogen and oxygen atoms in total. The van der Waals surface area contributed by atoms with Gasteiger partial charge in [0, 0.05) is 32.0 Å². The van der Waals surface area contributed by atoms with E-state index in [1.165, 1.54) is 0 Å². The van der Waals surface area contributed by atoms with Crippen LogP contribution in [0.25, 0.3) is 17.3 Å². The van der Waals surface area contributed by atoms with Crippen LogP contribution in [0.5, 0.6) is 0 Å². The lowest BCUT2D eigenvalue weighted by Crippen LogP contribution is -2.38. The molecule has 0 bridgehead atoms. The fourth-order valence-electron chi connectivity index (χ4n) is 4.62. The monoisotopic (exact) mass is 530 g/mol. The number of thioether (sulfide) groups is 1. The van der Waals surface area contributed by atoms with Crippen LogP contribution in [0.15, 0.2) is 34.0 Å². The molecule has 2 N–H and O–H groups in total. The average Bonchev–Trinajstić information content (AvgIpc) is 3.42. The zero-order chi connectivity index (χ0) is 26.6. The van der Waals surface area contributed by atoms with Gasteiger partial charge < -0.3 is 14.7 Å². The maximum absolute atomic E-state index is 11.8. The second-order valence-electron chi connectivity index (χ2n) is 9.25. The standard InChI is InChI=1S/C26H26N8O3S/c1-15-22(16(2)37-33-15)23-19(11-27)9-18(14-30-23)13-28-12-17-4-7-34(8-5-17)25-29-6-3-20(31-25)10-21-24(35)32-26(36)38-21/h3,6,9-10,14,17,28H,4-5,7-8,12-13H2,1-2H3,(H,32,35,36)/b21-10-. The highest BCUT2D eigenvalue weighted by Gasteiger charge is 2.26. The quantitative estimate of drug-likeness (QED) is 0.433. The number of anilines is 1. The molecular formula is C26H26N8O3S. The van der Waals surface area contributed by atoms with Gasteiger partial charge >= 0.3 is 0 Å². The molecule has 3 aromatic rings. The summed E-state index contributed by atoms with van der Waals surface area (Å²) in [5.74, 6) is 1.37. The largest absolute Gasteiger partial charge is 0.361 e. The van der Waals surface area contributed by atoms with Gasteiger partial charge in [-0.25, -0.2) is 9.97 Å². The van der Waals surface area contributed by atoms with E-state index < -0.39 is 5.91 Å². The topological polar surface area (TPSA) is 150 Å². The molecule has 0 radical (unpaired) electrons. The first kappa shape index (κ1) is 25.6. The van der Waals surface area contributed by atoms with E-state index in [4.69, 9.17) is 4.52 Å². The summed E-state index contributed by atoms with van der Waals surface area (Å²) in [7, 11) is 0. The van der Waals surface area contributed by atoms with E-state index in [-0.39, 0.29) is 5.24 Å². The van der Waals surface area contributed by atoms with Gasteiger partial charge in [-0.2, -0.15) is 5.26 Å². The fraction of sp³-hybridized carbons (Fsp3) is 0.346. The molecule has 3 aromatic heterocycles. The van der Waals surface area contributed by atoms with Crippen LogP contribution in [0.1, 0.15) is 41.1 Å². The Kier molecular flexibility index (Phi) is 7.48. The number of pyridine rings is 1. The van der Waals surface area contributed by atoms with Gasteiger partial charge in [-0.05, 0) is 74.7 Å². The highest BCUT2D eigenvalue weighted by Crippen LogP contribution is 2.29. The van der Waals surface area contributed by atoms with E-state index in [1.54, 1.807) is 24.5 Å². The third-order valence-corrected chi connectivity index (χ3v) is 7.39. The van der Waals surface area contributed by atoms with Crippen LogP contribution in [-0.2, 0) is 11.3 Å². The van der Waals surface area contributed by atoms with Gasteiger partial charge in [-0.3, -0.25) is 19.9 Å². The molecule has 0 unspecified atom stereocenters. The number of nitriles is 1. The molecule has 0 aromatic carbocycles. The maximum atomic E-state index is 11.8. The maximum Gasteiger partial charge on any atom is 0.290 e. The molecule has 0 aliphatic carbocycles. The lowest BCUT2D eigenvalue weighted by molar-refractivity contribution is -0.115. The number of nitrogens with one attached hydrogen (secondary N) is 2. The summed E-state index contributed by atoms with van der Waals surface area (Å²) < 4.78 is 5.24. The molecule has 2 amide bonds. The first-order chi connectivity index (χ1) is 18.4. The fourth-order valence-corrected chi connectivity index (χ4v) is 5.28. The minimum absolute atomic E-state index is 0.333. The van der Waals surface area contributed by atoms with Crippen molar-refractivity contribution in [3.8, 4) is 17.3 Å².